The molecule has 0 aromatic rings. The van der Waals surface area contributed by atoms with Crippen LogP contribution in [0.3, 0.4) is 0 Å². The predicted molar refractivity (Wildman–Crippen MR) is 80.2 cm³/mol. The van der Waals surface area contributed by atoms with Gasteiger partial charge in [0.05, 0.1) is 13.2 Å². The first-order chi connectivity index (χ1) is 9.86. The lowest BCUT2D eigenvalue weighted by atomic mass is 10.1. The van der Waals surface area contributed by atoms with Crippen LogP contribution in [0, 0.1) is 5.92 Å². The third-order valence-electron chi connectivity index (χ3n) is 3.18. The molecule has 0 spiro atoms. The molecule has 6 nitrogen and oxygen atoms in total. The van der Waals surface area contributed by atoms with E-state index >= 15 is 0 Å². The molecule has 20 heavy (non-hydrogen) atoms. The number of nitrogens with zero attached hydrogens (tertiary/aromatic N) is 1. The van der Waals surface area contributed by atoms with E-state index in [1.807, 2.05) is 0 Å². The molecule has 1 fully saturated rings. The van der Waals surface area contributed by atoms with Crippen LogP contribution in [0.15, 0.2) is 4.99 Å². The minimum absolute atomic E-state index is 0.596. The lowest BCUT2D eigenvalue weighted by molar-refractivity contribution is 0.0888. The summed E-state index contributed by atoms with van der Waals surface area (Å²) >= 11 is 0. The normalized spacial score (nSPS) is 19.3. The quantitative estimate of drug-likeness (QED) is 0.350. The molecular formula is C14H29N3O3. The van der Waals surface area contributed by atoms with E-state index in [0.29, 0.717) is 5.92 Å². The Hall–Kier alpha value is -0.850. The third kappa shape index (κ3) is 8.35. The van der Waals surface area contributed by atoms with Gasteiger partial charge in [-0.1, -0.05) is 0 Å². The summed E-state index contributed by atoms with van der Waals surface area (Å²) in [4.78, 5) is 4.16. The Morgan fingerprint density at radius 2 is 2.00 bits per heavy atom. The Morgan fingerprint density at radius 3 is 2.60 bits per heavy atom. The van der Waals surface area contributed by atoms with Gasteiger partial charge in [0.25, 0.3) is 0 Å². The first-order valence-electron chi connectivity index (χ1n) is 7.45. The van der Waals surface area contributed by atoms with E-state index in [1.54, 1.807) is 14.2 Å². The second-order valence-electron chi connectivity index (χ2n) is 4.93. The van der Waals surface area contributed by atoms with Crippen LogP contribution in [0.5, 0.6) is 0 Å². The maximum atomic E-state index is 5.65. The van der Waals surface area contributed by atoms with Gasteiger partial charge in [-0.25, -0.2) is 0 Å². The average molecular weight is 287 g/mol. The summed E-state index contributed by atoms with van der Waals surface area (Å²) < 4.78 is 16.0. The predicted octanol–water partition coefficient (Wildman–Crippen LogP) is 0.631. The van der Waals surface area contributed by atoms with E-state index in [1.165, 1.54) is 0 Å². The molecule has 1 atom stereocenters. The van der Waals surface area contributed by atoms with Crippen molar-refractivity contribution in [3.05, 3.63) is 0 Å². The summed E-state index contributed by atoms with van der Waals surface area (Å²) in [6.07, 6.45) is 3.09. The number of hydrogen-bond acceptors (Lipinski definition) is 4. The first-order valence-corrected chi connectivity index (χ1v) is 7.45. The summed E-state index contributed by atoms with van der Waals surface area (Å²) in [6, 6.07) is 0. The van der Waals surface area contributed by atoms with Crippen molar-refractivity contribution >= 4 is 5.96 Å². The molecule has 0 saturated carbocycles. The largest absolute Gasteiger partial charge is 0.385 e. The summed E-state index contributed by atoms with van der Waals surface area (Å²) in [5.41, 5.74) is 0. The number of aliphatic imine (C=N–C) groups is 1. The first kappa shape index (κ1) is 17.2. The van der Waals surface area contributed by atoms with Gasteiger partial charge in [0.2, 0.25) is 0 Å². The molecule has 1 rings (SSSR count). The summed E-state index contributed by atoms with van der Waals surface area (Å²) in [6.45, 7) is 5.85. The lowest BCUT2D eigenvalue weighted by Gasteiger charge is -2.12. The highest BCUT2D eigenvalue weighted by Gasteiger charge is 2.15. The number of rotatable bonds is 10. The molecule has 1 aliphatic rings. The number of nitrogens with one attached hydrogen (secondary N) is 2. The van der Waals surface area contributed by atoms with Crippen LogP contribution < -0.4 is 10.6 Å². The Bertz CT molecular complexity index is 256. The number of ether oxygens (including phenoxy) is 3. The van der Waals surface area contributed by atoms with Crippen molar-refractivity contribution in [2.75, 3.05) is 60.3 Å². The van der Waals surface area contributed by atoms with Gasteiger partial charge >= 0.3 is 0 Å². The number of guanidine groups is 1. The maximum Gasteiger partial charge on any atom is 0.190 e. The molecule has 0 bridgehead atoms. The van der Waals surface area contributed by atoms with E-state index in [0.717, 1.165) is 71.3 Å². The molecule has 0 aromatic heterocycles. The standard InChI is InChI=1S/C14H29N3O3/c1-15-14(16-6-3-8-18-2)17-7-4-9-19-11-13-5-10-20-12-13/h13H,3-12H2,1-2H3,(H2,15,16,17). The Labute approximate surface area is 122 Å². The molecule has 0 aromatic carbocycles. The van der Waals surface area contributed by atoms with Crippen molar-refractivity contribution in [2.24, 2.45) is 10.9 Å². The van der Waals surface area contributed by atoms with E-state index in [4.69, 9.17) is 14.2 Å². The van der Waals surface area contributed by atoms with Gasteiger partial charge in [-0.2, -0.15) is 0 Å². The fourth-order valence-corrected chi connectivity index (χ4v) is 1.99. The molecule has 0 radical (unpaired) electrons. The molecule has 1 aliphatic heterocycles. The highest BCUT2D eigenvalue weighted by atomic mass is 16.5. The molecule has 0 amide bonds. The lowest BCUT2D eigenvalue weighted by Crippen LogP contribution is -2.38. The Morgan fingerprint density at radius 1 is 1.25 bits per heavy atom. The van der Waals surface area contributed by atoms with Crippen molar-refractivity contribution in [1.29, 1.82) is 0 Å². The van der Waals surface area contributed by atoms with Crippen molar-refractivity contribution in [3.63, 3.8) is 0 Å². The number of methoxy groups -OCH3 is 1. The molecule has 1 heterocycles. The molecule has 1 saturated heterocycles. The molecule has 6 heteroatoms. The molecule has 1 unspecified atom stereocenters. The van der Waals surface area contributed by atoms with Gasteiger partial charge in [0.15, 0.2) is 5.96 Å². The zero-order valence-corrected chi connectivity index (χ0v) is 12.8. The van der Waals surface area contributed by atoms with Gasteiger partial charge < -0.3 is 24.8 Å². The Kier molecular flexibility index (Phi) is 10.3. The minimum Gasteiger partial charge on any atom is -0.385 e. The SMILES string of the molecule is CN=C(NCCCOC)NCCCOCC1CCOC1. The van der Waals surface area contributed by atoms with Crippen LogP contribution in [0.2, 0.25) is 0 Å². The van der Waals surface area contributed by atoms with Gasteiger partial charge in [0, 0.05) is 53.0 Å². The van der Waals surface area contributed by atoms with Crippen LogP contribution in [0.4, 0.5) is 0 Å². The average Bonchev–Trinajstić information content (AvgIpc) is 2.98. The van der Waals surface area contributed by atoms with Gasteiger partial charge in [-0.15, -0.1) is 0 Å². The minimum atomic E-state index is 0.596. The molecule has 2 N–H and O–H groups in total. The van der Waals surface area contributed by atoms with Crippen molar-refractivity contribution < 1.29 is 14.2 Å². The van der Waals surface area contributed by atoms with E-state index in [2.05, 4.69) is 15.6 Å². The second kappa shape index (κ2) is 11.9. The Balaban J connectivity index is 1.90. The fraction of sp³-hybridized carbons (Fsp3) is 0.929. The number of hydrogen-bond donors (Lipinski definition) is 2. The summed E-state index contributed by atoms with van der Waals surface area (Å²) in [7, 11) is 3.49. The molecule has 118 valence electrons. The van der Waals surface area contributed by atoms with Crippen molar-refractivity contribution in [2.45, 2.75) is 19.3 Å². The van der Waals surface area contributed by atoms with Crippen LogP contribution >= 0.6 is 0 Å². The van der Waals surface area contributed by atoms with Crippen LogP contribution in [0.25, 0.3) is 0 Å². The summed E-state index contributed by atoms with van der Waals surface area (Å²) in [5.74, 6) is 1.43. The van der Waals surface area contributed by atoms with E-state index < -0.39 is 0 Å². The van der Waals surface area contributed by atoms with Gasteiger partial charge in [-0.05, 0) is 19.3 Å². The van der Waals surface area contributed by atoms with Gasteiger partial charge in [0.1, 0.15) is 0 Å². The van der Waals surface area contributed by atoms with Crippen LogP contribution in [0.1, 0.15) is 19.3 Å². The zero-order chi connectivity index (χ0) is 14.5. The fourth-order valence-electron chi connectivity index (χ4n) is 1.99. The third-order valence-corrected chi connectivity index (χ3v) is 3.18. The van der Waals surface area contributed by atoms with Crippen LogP contribution in [-0.2, 0) is 14.2 Å². The van der Waals surface area contributed by atoms with E-state index in [9.17, 15) is 0 Å². The molecule has 0 aliphatic carbocycles. The maximum absolute atomic E-state index is 5.65. The highest BCUT2D eigenvalue weighted by Crippen LogP contribution is 2.12. The highest BCUT2D eigenvalue weighted by molar-refractivity contribution is 5.79. The van der Waals surface area contributed by atoms with E-state index in [-0.39, 0.29) is 0 Å². The molecular weight excluding hydrogens is 258 g/mol. The monoisotopic (exact) mass is 287 g/mol. The van der Waals surface area contributed by atoms with Crippen molar-refractivity contribution in [1.82, 2.24) is 10.6 Å². The van der Waals surface area contributed by atoms with Crippen molar-refractivity contribution in [3.8, 4) is 0 Å². The topological polar surface area (TPSA) is 64.1 Å². The zero-order valence-electron chi connectivity index (χ0n) is 12.8. The smallest absolute Gasteiger partial charge is 0.190 e. The van der Waals surface area contributed by atoms with Gasteiger partial charge in [-0.3, -0.25) is 4.99 Å². The summed E-state index contributed by atoms with van der Waals surface area (Å²) in [5, 5.41) is 6.51. The second-order valence-corrected chi connectivity index (χ2v) is 4.93. The van der Waals surface area contributed by atoms with Crippen LogP contribution in [-0.4, -0.2) is 66.2 Å².